The van der Waals surface area contributed by atoms with Gasteiger partial charge in [-0.3, -0.25) is 0 Å². The van der Waals surface area contributed by atoms with Crippen LogP contribution in [-0.2, 0) is 6.54 Å². The molecule has 1 heterocycles. The Morgan fingerprint density at radius 2 is 2.10 bits per heavy atom. The van der Waals surface area contributed by atoms with E-state index in [9.17, 15) is 4.39 Å². The molecule has 0 unspecified atom stereocenters. The zero-order valence-electron chi connectivity index (χ0n) is 12.2. The van der Waals surface area contributed by atoms with Gasteiger partial charge in [-0.15, -0.1) is 0 Å². The molecule has 4 nitrogen and oxygen atoms in total. The predicted molar refractivity (Wildman–Crippen MR) is 83.1 cm³/mol. The number of nitrogens with zero attached hydrogens (tertiary/aromatic N) is 2. The molecule has 0 atom stereocenters. The maximum absolute atomic E-state index is 13.3. The molecule has 0 saturated heterocycles. The van der Waals surface area contributed by atoms with Crippen LogP contribution in [0, 0.1) is 5.82 Å². The predicted octanol–water partition coefficient (Wildman–Crippen LogP) is 4.01. The van der Waals surface area contributed by atoms with Gasteiger partial charge in [0.25, 0.3) is 0 Å². The summed E-state index contributed by atoms with van der Waals surface area (Å²) in [6.45, 7) is 4.61. The lowest BCUT2D eigenvalue weighted by molar-refractivity contribution is 0.457. The summed E-state index contributed by atoms with van der Waals surface area (Å²) in [4.78, 5) is 8.80. The van der Waals surface area contributed by atoms with Crippen LogP contribution in [0.2, 0.25) is 0 Å². The second-order valence-corrected chi connectivity index (χ2v) is 5.76. The van der Waals surface area contributed by atoms with E-state index in [4.69, 9.17) is 4.74 Å². The zero-order chi connectivity index (χ0) is 15.4. The van der Waals surface area contributed by atoms with Crippen LogP contribution in [-0.4, -0.2) is 17.0 Å². The quantitative estimate of drug-likeness (QED) is 0.881. The van der Waals surface area contributed by atoms with Gasteiger partial charge < -0.3 is 10.1 Å². The first-order valence-corrected chi connectivity index (χ1v) is 7.44. The molecule has 0 fully saturated rings. The molecule has 2 aromatic rings. The molecule has 0 spiro atoms. The van der Waals surface area contributed by atoms with E-state index in [1.165, 1.54) is 12.1 Å². The van der Waals surface area contributed by atoms with Crippen molar-refractivity contribution in [3.8, 4) is 11.5 Å². The molecule has 0 bridgehead atoms. The average Bonchev–Trinajstić information content (AvgIpc) is 2.44. The van der Waals surface area contributed by atoms with Crippen molar-refractivity contribution >= 4 is 15.9 Å². The van der Waals surface area contributed by atoms with Crippen LogP contribution in [0.15, 0.2) is 28.9 Å². The zero-order valence-corrected chi connectivity index (χ0v) is 13.7. The van der Waals surface area contributed by atoms with Gasteiger partial charge >= 0.3 is 0 Å². The number of hydrogen-bond acceptors (Lipinski definition) is 4. The Labute approximate surface area is 131 Å². The third kappa shape index (κ3) is 3.98. The van der Waals surface area contributed by atoms with Crippen LogP contribution in [0.1, 0.15) is 31.3 Å². The highest BCUT2D eigenvalue weighted by Crippen LogP contribution is 2.31. The maximum atomic E-state index is 13.3. The van der Waals surface area contributed by atoms with E-state index in [-0.39, 0.29) is 11.7 Å². The Balaban J connectivity index is 2.36. The summed E-state index contributed by atoms with van der Waals surface area (Å²) in [5, 5.41) is 3.05. The van der Waals surface area contributed by atoms with Gasteiger partial charge in [0.05, 0.1) is 10.7 Å². The summed E-state index contributed by atoms with van der Waals surface area (Å²) >= 11 is 3.34. The summed E-state index contributed by atoms with van der Waals surface area (Å²) in [5.41, 5.74) is 0.743. The molecule has 0 aliphatic carbocycles. The van der Waals surface area contributed by atoms with Crippen molar-refractivity contribution in [2.24, 2.45) is 0 Å². The molecule has 0 saturated carbocycles. The van der Waals surface area contributed by atoms with Crippen molar-refractivity contribution in [1.29, 1.82) is 0 Å². The fourth-order valence-corrected chi connectivity index (χ4v) is 2.08. The molecule has 2 rings (SSSR count). The van der Waals surface area contributed by atoms with E-state index in [2.05, 4.69) is 31.2 Å². The number of nitrogens with one attached hydrogen (secondary N) is 1. The monoisotopic (exact) mass is 353 g/mol. The Hall–Kier alpha value is -1.53. The van der Waals surface area contributed by atoms with Crippen molar-refractivity contribution in [2.45, 2.75) is 26.3 Å². The first-order valence-electron chi connectivity index (χ1n) is 6.64. The van der Waals surface area contributed by atoms with Crippen molar-refractivity contribution in [2.75, 3.05) is 7.05 Å². The average molecular weight is 354 g/mol. The van der Waals surface area contributed by atoms with Gasteiger partial charge in [0.1, 0.15) is 23.1 Å². The van der Waals surface area contributed by atoms with Crippen LogP contribution >= 0.6 is 15.9 Å². The molecule has 112 valence electrons. The normalized spacial score (nSPS) is 11.0. The number of halogens is 2. The van der Waals surface area contributed by atoms with Crippen LogP contribution in [0.5, 0.6) is 11.5 Å². The number of benzene rings is 1. The second kappa shape index (κ2) is 6.95. The number of hydrogen-bond donors (Lipinski definition) is 1. The molecule has 6 heteroatoms. The Morgan fingerprint density at radius 3 is 2.76 bits per heavy atom. The molecular weight excluding hydrogens is 337 g/mol. The van der Waals surface area contributed by atoms with Crippen molar-refractivity contribution < 1.29 is 9.13 Å². The molecule has 1 N–H and O–H groups in total. The van der Waals surface area contributed by atoms with Crippen LogP contribution in [0.4, 0.5) is 4.39 Å². The van der Waals surface area contributed by atoms with E-state index in [1.54, 1.807) is 12.3 Å². The summed E-state index contributed by atoms with van der Waals surface area (Å²) in [6.07, 6.45) is 1.63. The second-order valence-electron chi connectivity index (χ2n) is 4.90. The fraction of sp³-hybridized carbons (Fsp3) is 0.333. The van der Waals surface area contributed by atoms with E-state index >= 15 is 0 Å². The maximum Gasteiger partial charge on any atom is 0.168 e. The van der Waals surface area contributed by atoms with Gasteiger partial charge in [0.15, 0.2) is 5.75 Å². The third-order valence-corrected chi connectivity index (χ3v) is 3.48. The van der Waals surface area contributed by atoms with E-state index in [0.717, 1.165) is 11.5 Å². The first-order chi connectivity index (χ1) is 10.0. The Bertz CT molecular complexity index is 634. The molecule has 0 radical (unpaired) electrons. The third-order valence-electron chi connectivity index (χ3n) is 2.82. The minimum atomic E-state index is -0.358. The van der Waals surface area contributed by atoms with Crippen molar-refractivity contribution in [3.63, 3.8) is 0 Å². The first kappa shape index (κ1) is 15.9. The molecule has 0 aliphatic heterocycles. The highest BCUT2D eigenvalue weighted by Gasteiger charge is 2.13. The SMILES string of the molecule is CNCc1nc(C(C)C)ncc1Oc1cc(F)ccc1Br. The van der Waals surface area contributed by atoms with Gasteiger partial charge in [0.2, 0.25) is 0 Å². The Kier molecular flexibility index (Phi) is 5.25. The van der Waals surface area contributed by atoms with E-state index in [1.807, 2.05) is 20.9 Å². The minimum absolute atomic E-state index is 0.232. The highest BCUT2D eigenvalue weighted by atomic mass is 79.9. The highest BCUT2D eigenvalue weighted by molar-refractivity contribution is 9.10. The fourth-order valence-electron chi connectivity index (χ4n) is 1.75. The number of rotatable bonds is 5. The van der Waals surface area contributed by atoms with Crippen molar-refractivity contribution in [1.82, 2.24) is 15.3 Å². The molecule has 0 aliphatic rings. The number of ether oxygens (including phenoxy) is 1. The summed E-state index contributed by atoms with van der Waals surface area (Å²) in [7, 11) is 1.83. The van der Waals surface area contributed by atoms with Crippen LogP contribution in [0.3, 0.4) is 0 Å². The lowest BCUT2D eigenvalue weighted by Crippen LogP contribution is -2.11. The van der Waals surface area contributed by atoms with Gasteiger partial charge in [0, 0.05) is 18.5 Å². The molecule has 1 aromatic carbocycles. The van der Waals surface area contributed by atoms with Gasteiger partial charge in [-0.2, -0.15) is 0 Å². The van der Waals surface area contributed by atoms with Crippen LogP contribution in [0.25, 0.3) is 0 Å². The molecule has 21 heavy (non-hydrogen) atoms. The summed E-state index contributed by atoms with van der Waals surface area (Å²) in [5.74, 6) is 1.54. The van der Waals surface area contributed by atoms with Gasteiger partial charge in [-0.1, -0.05) is 13.8 Å². The largest absolute Gasteiger partial charge is 0.452 e. The van der Waals surface area contributed by atoms with Gasteiger partial charge in [-0.05, 0) is 35.1 Å². The van der Waals surface area contributed by atoms with Crippen molar-refractivity contribution in [3.05, 3.63) is 46.2 Å². The van der Waals surface area contributed by atoms with E-state index < -0.39 is 0 Å². The topological polar surface area (TPSA) is 47.0 Å². The lowest BCUT2D eigenvalue weighted by atomic mass is 10.2. The summed E-state index contributed by atoms with van der Waals surface area (Å²) < 4.78 is 19.8. The summed E-state index contributed by atoms with van der Waals surface area (Å²) in [6, 6.07) is 4.29. The number of aromatic nitrogens is 2. The minimum Gasteiger partial charge on any atom is -0.452 e. The lowest BCUT2D eigenvalue weighted by Gasteiger charge is -2.13. The molecular formula is C15H17BrFN3O. The smallest absolute Gasteiger partial charge is 0.168 e. The van der Waals surface area contributed by atoms with E-state index in [0.29, 0.717) is 22.5 Å². The molecule has 1 aromatic heterocycles. The van der Waals surface area contributed by atoms with Gasteiger partial charge in [-0.25, -0.2) is 14.4 Å². The molecule has 0 amide bonds. The standard InChI is InChI=1S/C15H17BrFN3O/c1-9(2)15-19-8-14(12(20-15)7-18-3)21-13-6-10(17)4-5-11(13)16/h4-6,8-9,18H,7H2,1-3H3. The Morgan fingerprint density at radius 1 is 1.33 bits per heavy atom. The van der Waals surface area contributed by atoms with Crippen LogP contribution < -0.4 is 10.1 Å².